The number of ether oxygens (including phenoxy) is 1. The standard InChI is InChI=1S/C13H27N3O2/c1-15-13(12(14)17)7-4-6-11(10-13)16(2)8-5-9-18-3/h11,15H,4-10H2,1-3H3,(H2,14,17). The van der Waals surface area contributed by atoms with Crippen LogP contribution in [0.1, 0.15) is 32.1 Å². The third-order valence-electron chi connectivity index (χ3n) is 4.16. The zero-order chi connectivity index (χ0) is 13.6. The molecule has 18 heavy (non-hydrogen) atoms. The minimum Gasteiger partial charge on any atom is -0.385 e. The molecular formula is C13H27N3O2. The number of methoxy groups -OCH3 is 1. The number of carbonyl (C=O) groups excluding carboxylic acids is 1. The first kappa shape index (κ1) is 15.4. The van der Waals surface area contributed by atoms with Crippen molar-refractivity contribution in [2.45, 2.75) is 43.7 Å². The van der Waals surface area contributed by atoms with Crippen LogP contribution in [-0.4, -0.2) is 56.7 Å². The molecule has 3 N–H and O–H groups in total. The molecule has 0 spiro atoms. The molecule has 1 amide bonds. The Morgan fingerprint density at radius 3 is 2.89 bits per heavy atom. The van der Waals surface area contributed by atoms with E-state index in [4.69, 9.17) is 10.5 Å². The normalized spacial score (nSPS) is 28.6. The number of nitrogens with two attached hydrogens (primary N) is 1. The number of rotatable bonds is 7. The van der Waals surface area contributed by atoms with Crippen molar-refractivity contribution in [1.29, 1.82) is 0 Å². The Morgan fingerprint density at radius 1 is 1.61 bits per heavy atom. The van der Waals surface area contributed by atoms with Gasteiger partial charge in [-0.3, -0.25) is 4.79 Å². The Bertz CT molecular complexity index is 273. The lowest BCUT2D eigenvalue weighted by Crippen LogP contribution is -2.59. The molecule has 1 aliphatic carbocycles. The second kappa shape index (κ2) is 7.07. The topological polar surface area (TPSA) is 67.6 Å². The smallest absolute Gasteiger partial charge is 0.237 e. The van der Waals surface area contributed by atoms with Gasteiger partial charge in [0.25, 0.3) is 0 Å². The predicted molar refractivity (Wildman–Crippen MR) is 72.4 cm³/mol. The number of nitrogens with zero attached hydrogens (tertiary/aromatic N) is 1. The molecule has 1 rings (SSSR count). The largest absolute Gasteiger partial charge is 0.385 e. The van der Waals surface area contributed by atoms with E-state index >= 15 is 0 Å². The molecule has 5 heteroatoms. The van der Waals surface area contributed by atoms with E-state index in [1.54, 1.807) is 7.11 Å². The second-order valence-corrected chi connectivity index (χ2v) is 5.27. The molecule has 1 saturated carbocycles. The van der Waals surface area contributed by atoms with Gasteiger partial charge in [0, 0.05) is 26.3 Å². The van der Waals surface area contributed by atoms with E-state index in [9.17, 15) is 4.79 Å². The third-order valence-corrected chi connectivity index (χ3v) is 4.16. The minimum atomic E-state index is -0.515. The highest BCUT2D eigenvalue weighted by molar-refractivity contribution is 5.84. The summed E-state index contributed by atoms with van der Waals surface area (Å²) >= 11 is 0. The van der Waals surface area contributed by atoms with Gasteiger partial charge in [-0.25, -0.2) is 0 Å². The van der Waals surface area contributed by atoms with Crippen LogP contribution in [-0.2, 0) is 9.53 Å². The molecular weight excluding hydrogens is 230 g/mol. The first-order valence-corrected chi connectivity index (χ1v) is 6.73. The van der Waals surface area contributed by atoms with E-state index in [1.165, 1.54) is 0 Å². The summed E-state index contributed by atoms with van der Waals surface area (Å²) in [6, 6.07) is 0.426. The van der Waals surface area contributed by atoms with Crippen LogP contribution in [0.4, 0.5) is 0 Å². The summed E-state index contributed by atoms with van der Waals surface area (Å²) in [5, 5.41) is 3.14. The van der Waals surface area contributed by atoms with Crippen molar-refractivity contribution in [1.82, 2.24) is 10.2 Å². The van der Waals surface area contributed by atoms with Crippen LogP contribution in [0.5, 0.6) is 0 Å². The summed E-state index contributed by atoms with van der Waals surface area (Å²) in [4.78, 5) is 14.0. The van der Waals surface area contributed by atoms with Gasteiger partial charge in [-0.2, -0.15) is 0 Å². The lowest BCUT2D eigenvalue weighted by atomic mass is 9.78. The van der Waals surface area contributed by atoms with Gasteiger partial charge in [-0.15, -0.1) is 0 Å². The Kier molecular flexibility index (Phi) is 6.05. The average Bonchev–Trinajstić information content (AvgIpc) is 2.38. The summed E-state index contributed by atoms with van der Waals surface area (Å²) in [5.74, 6) is -0.222. The lowest BCUT2D eigenvalue weighted by molar-refractivity contribution is -0.126. The molecule has 0 saturated heterocycles. The van der Waals surface area contributed by atoms with Crippen LogP contribution >= 0.6 is 0 Å². The van der Waals surface area contributed by atoms with E-state index in [2.05, 4.69) is 17.3 Å². The molecule has 5 nitrogen and oxygen atoms in total. The Labute approximate surface area is 110 Å². The molecule has 2 unspecified atom stereocenters. The number of carbonyl (C=O) groups is 1. The number of hydrogen-bond donors (Lipinski definition) is 2. The number of likely N-dealkylation sites (N-methyl/N-ethyl adjacent to an activating group) is 1. The van der Waals surface area contributed by atoms with Crippen molar-refractivity contribution >= 4 is 5.91 Å². The van der Waals surface area contributed by atoms with Crippen LogP contribution in [0.3, 0.4) is 0 Å². The molecule has 0 aromatic carbocycles. The average molecular weight is 257 g/mol. The van der Waals surface area contributed by atoms with E-state index in [0.29, 0.717) is 6.04 Å². The van der Waals surface area contributed by atoms with Gasteiger partial charge in [0.2, 0.25) is 5.91 Å². The Hall–Kier alpha value is -0.650. The van der Waals surface area contributed by atoms with Gasteiger partial charge < -0.3 is 20.7 Å². The fraction of sp³-hybridized carbons (Fsp3) is 0.923. The highest BCUT2D eigenvalue weighted by Crippen LogP contribution is 2.30. The number of amides is 1. The van der Waals surface area contributed by atoms with E-state index < -0.39 is 5.54 Å². The van der Waals surface area contributed by atoms with Gasteiger partial charge in [0.15, 0.2) is 0 Å². The summed E-state index contributed by atoms with van der Waals surface area (Å²) in [6.45, 7) is 1.78. The zero-order valence-corrected chi connectivity index (χ0v) is 11.9. The van der Waals surface area contributed by atoms with E-state index in [-0.39, 0.29) is 5.91 Å². The molecule has 0 aromatic heterocycles. The number of nitrogens with one attached hydrogen (secondary N) is 1. The van der Waals surface area contributed by atoms with Crippen molar-refractivity contribution < 1.29 is 9.53 Å². The van der Waals surface area contributed by atoms with Gasteiger partial charge in [0.1, 0.15) is 0 Å². The molecule has 106 valence electrons. The number of primary amides is 1. The van der Waals surface area contributed by atoms with Crippen molar-refractivity contribution in [2.75, 3.05) is 34.4 Å². The fourth-order valence-corrected chi connectivity index (χ4v) is 2.84. The van der Waals surface area contributed by atoms with Gasteiger partial charge >= 0.3 is 0 Å². The second-order valence-electron chi connectivity index (χ2n) is 5.27. The van der Waals surface area contributed by atoms with E-state index in [1.807, 2.05) is 7.05 Å². The van der Waals surface area contributed by atoms with Gasteiger partial charge in [-0.05, 0) is 46.2 Å². The Balaban J connectivity index is 2.54. The zero-order valence-electron chi connectivity index (χ0n) is 11.9. The van der Waals surface area contributed by atoms with E-state index in [0.717, 1.165) is 45.3 Å². The molecule has 0 radical (unpaired) electrons. The summed E-state index contributed by atoms with van der Waals surface area (Å²) in [5.41, 5.74) is 5.04. The number of hydrogen-bond acceptors (Lipinski definition) is 4. The highest BCUT2D eigenvalue weighted by atomic mass is 16.5. The van der Waals surface area contributed by atoms with Crippen molar-refractivity contribution in [3.63, 3.8) is 0 Å². The molecule has 0 aromatic rings. The lowest BCUT2D eigenvalue weighted by Gasteiger charge is -2.41. The molecule has 2 atom stereocenters. The quantitative estimate of drug-likeness (QED) is 0.645. The van der Waals surface area contributed by atoms with Gasteiger partial charge in [0.05, 0.1) is 5.54 Å². The summed E-state index contributed by atoms with van der Waals surface area (Å²) in [6.07, 6.45) is 4.86. The highest BCUT2D eigenvalue weighted by Gasteiger charge is 2.40. The Morgan fingerprint density at radius 2 is 2.33 bits per heavy atom. The fourth-order valence-electron chi connectivity index (χ4n) is 2.84. The third kappa shape index (κ3) is 3.67. The van der Waals surface area contributed by atoms with Crippen LogP contribution in [0.2, 0.25) is 0 Å². The first-order valence-electron chi connectivity index (χ1n) is 6.73. The van der Waals surface area contributed by atoms with Crippen molar-refractivity contribution in [3.05, 3.63) is 0 Å². The van der Waals surface area contributed by atoms with Crippen LogP contribution in [0, 0.1) is 0 Å². The molecule has 0 aliphatic heterocycles. The van der Waals surface area contributed by atoms with Crippen LogP contribution in [0.25, 0.3) is 0 Å². The monoisotopic (exact) mass is 257 g/mol. The predicted octanol–water partition coefficient (Wildman–Crippen LogP) is 0.341. The van der Waals surface area contributed by atoms with Crippen LogP contribution in [0.15, 0.2) is 0 Å². The minimum absolute atomic E-state index is 0.222. The maximum Gasteiger partial charge on any atom is 0.237 e. The van der Waals surface area contributed by atoms with Gasteiger partial charge in [-0.1, -0.05) is 0 Å². The van der Waals surface area contributed by atoms with Crippen LogP contribution < -0.4 is 11.1 Å². The van der Waals surface area contributed by atoms with Crippen molar-refractivity contribution in [3.8, 4) is 0 Å². The molecule has 1 fully saturated rings. The molecule has 0 bridgehead atoms. The maximum atomic E-state index is 11.7. The van der Waals surface area contributed by atoms with Crippen molar-refractivity contribution in [2.24, 2.45) is 5.73 Å². The first-order chi connectivity index (χ1) is 8.55. The molecule has 0 heterocycles. The SMILES string of the molecule is CNC1(C(N)=O)CCCC(N(C)CCCOC)C1. The summed E-state index contributed by atoms with van der Waals surface area (Å²) in [7, 11) is 5.67. The maximum absolute atomic E-state index is 11.7. The molecule has 1 aliphatic rings. The summed E-state index contributed by atoms with van der Waals surface area (Å²) < 4.78 is 5.07.